The molecule has 0 saturated carbocycles. The van der Waals surface area contributed by atoms with E-state index in [0.29, 0.717) is 45.3 Å². The minimum Gasteiger partial charge on any atom is -0.507 e. The van der Waals surface area contributed by atoms with E-state index < -0.39 is 49.1 Å². The predicted octanol–water partition coefficient (Wildman–Crippen LogP) is 11.2. The van der Waals surface area contributed by atoms with Gasteiger partial charge in [-0.15, -0.1) is 0 Å². The van der Waals surface area contributed by atoms with Crippen LogP contribution >= 0.6 is 23.5 Å². The molecule has 5 aromatic carbocycles. The third-order valence-corrected chi connectivity index (χ3v) is 16.7. The molecule has 78 heavy (non-hydrogen) atoms. The largest absolute Gasteiger partial charge is 0.507 e. The Morgan fingerprint density at radius 1 is 0.474 bits per heavy atom. The maximum Gasteiger partial charge on any atom is 0.329 e. The number of aromatic hydroxyl groups is 2. The molecule has 14 heteroatoms. The Labute approximate surface area is 470 Å². The van der Waals surface area contributed by atoms with Gasteiger partial charge in [-0.3, -0.25) is 9.59 Å². The second-order valence-electron chi connectivity index (χ2n) is 25.0. The summed E-state index contributed by atoms with van der Waals surface area (Å²) in [6.07, 6.45) is 0.812. The summed E-state index contributed by atoms with van der Waals surface area (Å²) in [7, 11) is 2.59. The van der Waals surface area contributed by atoms with Crippen molar-refractivity contribution in [3.8, 4) is 23.0 Å². The maximum absolute atomic E-state index is 14.2. The SMILES string of the molecule is COC(=O)C1CSCc2ccc(cc2)CSCC(C(=O)OC)NC(=O)COc2c3cc(C(C)(C)C)cc2Cc2cc(C(C)(C)C)cc(c2O)Cc2cc(C(C)(C)C)cc(c2OCC(=O)N1)Cc1cc(C(C)(C)C)cc(c1O)C3. The number of esters is 2. The van der Waals surface area contributed by atoms with Gasteiger partial charge in [-0.25, -0.2) is 9.59 Å². The molecule has 0 saturated heterocycles. The van der Waals surface area contributed by atoms with Crippen LogP contribution < -0.4 is 20.1 Å². The number of hydrogen-bond donors (Lipinski definition) is 4. The maximum atomic E-state index is 14.2. The lowest BCUT2D eigenvalue weighted by Crippen LogP contribution is -2.45. The van der Waals surface area contributed by atoms with Gasteiger partial charge < -0.3 is 39.8 Å². The summed E-state index contributed by atoms with van der Waals surface area (Å²) < 4.78 is 23.9. The van der Waals surface area contributed by atoms with Crippen LogP contribution in [-0.2, 0) is 87.5 Å². The lowest BCUT2D eigenvalue weighted by molar-refractivity contribution is -0.144. The molecule has 10 rings (SSSR count). The third kappa shape index (κ3) is 14.8. The number of amides is 2. The zero-order valence-corrected chi connectivity index (χ0v) is 49.8. The zero-order valence-electron chi connectivity index (χ0n) is 48.1. The van der Waals surface area contributed by atoms with Crippen LogP contribution in [-0.4, -0.2) is 85.0 Å². The molecular weight excluding hydrogens is 1020 g/mol. The molecule has 1 aliphatic carbocycles. The Balaban J connectivity index is 1.50. The Morgan fingerprint density at radius 2 is 0.731 bits per heavy atom. The minimum atomic E-state index is -0.970. The molecule has 418 valence electrons. The number of phenolic OH excluding ortho intramolecular Hbond substituents is 2. The molecule has 0 spiro atoms. The highest BCUT2D eigenvalue weighted by Gasteiger charge is 2.31. The van der Waals surface area contributed by atoms with E-state index in [-0.39, 0.29) is 70.3 Å². The summed E-state index contributed by atoms with van der Waals surface area (Å²) in [5, 5.41) is 31.3. The van der Waals surface area contributed by atoms with Crippen LogP contribution in [0.5, 0.6) is 23.0 Å². The number of phenols is 2. The smallest absolute Gasteiger partial charge is 0.329 e. The molecule has 0 aromatic heterocycles. The molecule has 12 bridgehead atoms. The number of hydrogen-bond acceptors (Lipinski definition) is 12. The second-order valence-corrected chi connectivity index (χ2v) is 27.0. The Morgan fingerprint density at radius 3 is 0.974 bits per heavy atom. The molecule has 4 N–H and O–H groups in total. The van der Waals surface area contributed by atoms with Crippen LogP contribution in [0.3, 0.4) is 0 Å². The molecule has 0 radical (unpaired) electrons. The monoisotopic (exact) mass is 1100 g/mol. The Kier molecular flexibility index (Phi) is 18.4. The Hall–Kier alpha value is -6.12. The van der Waals surface area contributed by atoms with Gasteiger partial charge in [0.1, 0.15) is 35.1 Å². The van der Waals surface area contributed by atoms with Gasteiger partial charge in [0.25, 0.3) is 11.8 Å². The van der Waals surface area contributed by atoms with Gasteiger partial charge in [0, 0.05) is 48.7 Å². The average molecular weight is 1100 g/mol. The highest BCUT2D eigenvalue weighted by atomic mass is 32.2. The number of nitrogens with one attached hydrogen (secondary N) is 2. The van der Waals surface area contributed by atoms with E-state index in [9.17, 15) is 29.4 Å². The summed E-state index contributed by atoms with van der Waals surface area (Å²) in [6.45, 7) is 24.7. The van der Waals surface area contributed by atoms with Crippen LogP contribution in [0.1, 0.15) is 161 Å². The summed E-state index contributed by atoms with van der Waals surface area (Å²) in [4.78, 5) is 54.8. The van der Waals surface area contributed by atoms with Crippen molar-refractivity contribution in [2.75, 3.05) is 38.9 Å². The van der Waals surface area contributed by atoms with Gasteiger partial charge in [0.2, 0.25) is 0 Å². The van der Waals surface area contributed by atoms with Crippen molar-refractivity contribution < 1.29 is 48.3 Å². The van der Waals surface area contributed by atoms with Crippen molar-refractivity contribution in [1.29, 1.82) is 0 Å². The number of thioether (sulfide) groups is 2. The van der Waals surface area contributed by atoms with E-state index in [1.54, 1.807) is 0 Å². The lowest BCUT2D eigenvalue weighted by atomic mass is 9.79. The van der Waals surface area contributed by atoms with E-state index in [2.05, 4.69) is 118 Å². The molecule has 2 atom stereocenters. The first-order valence-corrected chi connectivity index (χ1v) is 29.1. The van der Waals surface area contributed by atoms with Crippen molar-refractivity contribution in [1.82, 2.24) is 10.6 Å². The van der Waals surface area contributed by atoms with Crippen molar-refractivity contribution in [3.63, 3.8) is 0 Å². The van der Waals surface area contributed by atoms with Gasteiger partial charge in [-0.05, 0) is 99.5 Å². The molecular formula is C64H80N2O10S2. The van der Waals surface area contributed by atoms with Crippen LogP contribution in [0.25, 0.3) is 0 Å². The molecule has 4 aliphatic heterocycles. The van der Waals surface area contributed by atoms with Gasteiger partial charge in [-0.1, -0.05) is 156 Å². The molecule has 2 amide bonds. The van der Waals surface area contributed by atoms with E-state index in [0.717, 1.165) is 55.6 Å². The van der Waals surface area contributed by atoms with Crippen molar-refractivity contribution in [3.05, 3.63) is 151 Å². The summed E-state index contributed by atoms with van der Waals surface area (Å²) in [5.41, 5.74) is 9.98. The predicted molar refractivity (Wildman–Crippen MR) is 313 cm³/mol. The molecule has 12 nitrogen and oxygen atoms in total. The topological polar surface area (TPSA) is 170 Å². The second kappa shape index (κ2) is 24.1. The summed E-state index contributed by atoms with van der Waals surface area (Å²) in [5.74, 6) is 0.417. The number of ether oxygens (including phenoxy) is 4. The number of carbonyl (C=O) groups is 4. The van der Waals surface area contributed by atoms with E-state index in [4.69, 9.17) is 18.9 Å². The first-order valence-electron chi connectivity index (χ1n) is 26.8. The Bertz CT molecular complexity index is 2750. The number of carbonyl (C=O) groups excluding carboxylic acids is 4. The van der Waals surface area contributed by atoms with E-state index in [1.807, 2.05) is 48.5 Å². The van der Waals surface area contributed by atoms with Gasteiger partial charge in [0.15, 0.2) is 13.2 Å². The fourth-order valence-electron chi connectivity index (χ4n) is 9.71. The number of rotatable bonds is 2. The van der Waals surface area contributed by atoms with Gasteiger partial charge >= 0.3 is 11.9 Å². The molecule has 4 heterocycles. The normalized spacial score (nSPS) is 17.4. The number of benzene rings is 5. The molecule has 5 aliphatic rings. The molecule has 0 fully saturated rings. The third-order valence-electron chi connectivity index (χ3n) is 14.5. The minimum absolute atomic E-state index is 0.0848. The number of methoxy groups -OCH3 is 2. The highest BCUT2D eigenvalue weighted by Crippen LogP contribution is 2.44. The van der Waals surface area contributed by atoms with Crippen LogP contribution in [0.15, 0.2) is 72.8 Å². The first-order chi connectivity index (χ1) is 36.5. The lowest BCUT2D eigenvalue weighted by Gasteiger charge is -2.28. The quantitative estimate of drug-likeness (QED) is 0.121. The van der Waals surface area contributed by atoms with Crippen molar-refractivity contribution in [2.24, 2.45) is 0 Å². The fraction of sp³-hybridized carbons (Fsp3) is 0.469. The van der Waals surface area contributed by atoms with E-state index >= 15 is 0 Å². The molecule has 5 aromatic rings. The van der Waals surface area contributed by atoms with Crippen molar-refractivity contribution >= 4 is 47.3 Å². The zero-order chi connectivity index (χ0) is 57.1. The van der Waals surface area contributed by atoms with Crippen LogP contribution in [0.2, 0.25) is 0 Å². The van der Waals surface area contributed by atoms with Crippen LogP contribution in [0, 0.1) is 0 Å². The first kappa shape index (κ1) is 59.5. The average Bonchev–Trinajstić information content (AvgIpc) is 3.42. The fourth-order valence-corrected chi connectivity index (χ4v) is 11.7. The summed E-state index contributed by atoms with van der Waals surface area (Å²) in [6, 6.07) is 22.6. The van der Waals surface area contributed by atoms with E-state index in [1.165, 1.54) is 37.7 Å². The van der Waals surface area contributed by atoms with Gasteiger partial charge in [0.05, 0.1) is 14.2 Å². The summed E-state index contributed by atoms with van der Waals surface area (Å²) >= 11 is 2.95. The van der Waals surface area contributed by atoms with Gasteiger partial charge in [-0.2, -0.15) is 23.5 Å². The molecule has 2 unspecified atom stereocenters. The standard InChI is InChI=1S/C64H80N2O10S2/c1-61(2,3)47-23-39-19-43-27-49(63(7,8)9)29-45-21-41-25-48(62(4,5)6)26-42(56(41)70)22-46-30-50(64(10,11)12)28-44(20-40(24-47)55(39)69)58(46)76-32-54(68)66-52(60(72)74-14)36-78-34-38-17-15-37(16-18-38)33-77-35-51(59(71)73-13)65-53(67)31-75-57(43)45/h15-18,23-30,51-52,69-70H,19-22,31-36H2,1-14H3,(H,65,67)(H,66,68). The van der Waals surface area contributed by atoms with Crippen LogP contribution in [0.4, 0.5) is 0 Å². The van der Waals surface area contributed by atoms with Crippen molar-refractivity contribution in [2.45, 2.75) is 154 Å². The highest BCUT2D eigenvalue weighted by molar-refractivity contribution is 7.98.